The molecule has 116 valence electrons. The van der Waals surface area contributed by atoms with Crippen LogP contribution in [0.25, 0.3) is 0 Å². The third kappa shape index (κ3) is 3.87. The van der Waals surface area contributed by atoms with E-state index < -0.39 is 18.0 Å². The number of benzene rings is 1. The number of hydrogen-bond acceptors (Lipinski definition) is 3. The molecular formula is C14H17BrFIN2O2. The number of carbonyl (C=O) groups is 1. The number of nitrogens with one attached hydrogen (secondary N) is 1. The number of nitrogens with two attached hydrogens (primary N) is 1. The van der Waals surface area contributed by atoms with Crippen molar-refractivity contribution < 1.29 is 14.3 Å². The van der Waals surface area contributed by atoms with E-state index >= 15 is 0 Å². The molecule has 1 aliphatic carbocycles. The van der Waals surface area contributed by atoms with Crippen molar-refractivity contribution in [2.45, 2.75) is 38.3 Å². The fraction of sp³-hybridized carbons (Fsp3) is 0.500. The molecule has 21 heavy (non-hydrogen) atoms. The molecular weight excluding hydrogens is 454 g/mol. The second-order valence-corrected chi connectivity index (χ2v) is 7.22. The van der Waals surface area contributed by atoms with E-state index in [1.54, 1.807) is 0 Å². The van der Waals surface area contributed by atoms with Gasteiger partial charge in [0.15, 0.2) is 5.82 Å². The van der Waals surface area contributed by atoms with Gasteiger partial charge in [-0.2, -0.15) is 0 Å². The number of aliphatic hydroxyl groups excluding tert-OH is 1. The van der Waals surface area contributed by atoms with Gasteiger partial charge in [-0.25, -0.2) is 4.39 Å². The van der Waals surface area contributed by atoms with Crippen molar-refractivity contribution in [3.05, 3.63) is 25.5 Å². The summed E-state index contributed by atoms with van der Waals surface area (Å²) in [5.41, 5.74) is 5.33. The first kappa shape index (κ1) is 17.0. The largest absolute Gasteiger partial charge is 0.374 e. The maximum Gasteiger partial charge on any atom is 0.250 e. The van der Waals surface area contributed by atoms with Crippen molar-refractivity contribution in [2.24, 2.45) is 11.7 Å². The summed E-state index contributed by atoms with van der Waals surface area (Å²) >= 11 is 5.06. The minimum atomic E-state index is -0.884. The number of halogens is 3. The zero-order valence-electron chi connectivity index (χ0n) is 11.3. The van der Waals surface area contributed by atoms with Gasteiger partial charge < -0.3 is 16.2 Å². The summed E-state index contributed by atoms with van der Waals surface area (Å²) in [4.78, 5) is 11.5. The van der Waals surface area contributed by atoms with Crippen LogP contribution in [0.4, 0.5) is 10.1 Å². The van der Waals surface area contributed by atoms with Gasteiger partial charge in [-0.15, -0.1) is 0 Å². The van der Waals surface area contributed by atoms with E-state index in [2.05, 4.69) is 21.2 Å². The van der Waals surface area contributed by atoms with Gasteiger partial charge in [-0.05, 0) is 57.4 Å². The number of hydrogen-bond donors (Lipinski definition) is 3. The molecule has 1 unspecified atom stereocenters. The first-order chi connectivity index (χ1) is 9.91. The number of carbonyl (C=O) groups excluding carboxylic acids is 1. The second kappa shape index (κ2) is 7.23. The molecule has 1 fully saturated rings. The molecule has 1 aromatic rings. The summed E-state index contributed by atoms with van der Waals surface area (Å²) in [6.07, 6.45) is 4.19. The van der Waals surface area contributed by atoms with Crippen LogP contribution in [0.1, 0.15) is 42.5 Å². The van der Waals surface area contributed by atoms with Crippen molar-refractivity contribution >= 4 is 50.1 Å². The molecule has 1 atom stereocenters. The Morgan fingerprint density at radius 3 is 2.67 bits per heavy atom. The molecule has 1 amide bonds. The molecule has 2 rings (SSSR count). The molecule has 0 aliphatic heterocycles. The van der Waals surface area contributed by atoms with E-state index in [0.717, 1.165) is 25.7 Å². The van der Waals surface area contributed by atoms with Crippen molar-refractivity contribution in [1.29, 1.82) is 0 Å². The van der Waals surface area contributed by atoms with E-state index in [9.17, 15) is 14.3 Å². The average Bonchev–Trinajstić information content (AvgIpc) is 2.48. The lowest BCUT2D eigenvalue weighted by Gasteiger charge is -2.28. The zero-order valence-corrected chi connectivity index (χ0v) is 15.1. The Bertz CT molecular complexity index is 550. The minimum absolute atomic E-state index is 0.0344. The number of primary amides is 1. The van der Waals surface area contributed by atoms with Gasteiger partial charge in [0, 0.05) is 9.49 Å². The van der Waals surface area contributed by atoms with E-state index in [0.29, 0.717) is 3.57 Å². The van der Waals surface area contributed by atoms with Gasteiger partial charge in [0.05, 0.1) is 15.7 Å². The Balaban J connectivity index is 2.29. The monoisotopic (exact) mass is 470 g/mol. The molecule has 7 heteroatoms. The highest BCUT2D eigenvalue weighted by Crippen LogP contribution is 2.34. The van der Waals surface area contributed by atoms with E-state index in [4.69, 9.17) is 5.73 Å². The van der Waals surface area contributed by atoms with Crippen molar-refractivity contribution in [3.8, 4) is 0 Å². The molecule has 4 N–H and O–H groups in total. The highest BCUT2D eigenvalue weighted by Gasteiger charge is 2.25. The van der Waals surface area contributed by atoms with Gasteiger partial charge in [-0.3, -0.25) is 4.79 Å². The Hall–Kier alpha value is -0.410. The maximum atomic E-state index is 14.4. The van der Waals surface area contributed by atoms with Crippen LogP contribution in [0.2, 0.25) is 0 Å². The second-order valence-electron chi connectivity index (χ2n) is 5.26. The molecule has 0 saturated heterocycles. The summed E-state index contributed by atoms with van der Waals surface area (Å²) in [5, 5.41) is 13.0. The van der Waals surface area contributed by atoms with Gasteiger partial charge in [0.2, 0.25) is 0 Å². The minimum Gasteiger partial charge on any atom is -0.374 e. The van der Waals surface area contributed by atoms with Crippen LogP contribution in [0, 0.1) is 15.3 Å². The lowest BCUT2D eigenvalue weighted by molar-refractivity contribution is 0.0996. The van der Waals surface area contributed by atoms with Crippen LogP contribution >= 0.6 is 38.5 Å². The van der Waals surface area contributed by atoms with E-state index in [1.807, 2.05) is 22.6 Å². The van der Waals surface area contributed by atoms with E-state index in [1.165, 1.54) is 12.5 Å². The fourth-order valence-corrected chi connectivity index (χ4v) is 3.51. The van der Waals surface area contributed by atoms with Gasteiger partial charge >= 0.3 is 0 Å². The van der Waals surface area contributed by atoms with Crippen LogP contribution < -0.4 is 11.1 Å². The Morgan fingerprint density at radius 2 is 2.10 bits per heavy atom. The Labute approximate surface area is 144 Å². The smallest absolute Gasteiger partial charge is 0.250 e. The highest BCUT2D eigenvalue weighted by molar-refractivity contribution is 14.1. The highest BCUT2D eigenvalue weighted by atomic mass is 127. The third-order valence-corrected chi connectivity index (χ3v) is 6.18. The lowest BCUT2D eigenvalue weighted by Crippen LogP contribution is -2.32. The molecule has 1 aliphatic rings. The van der Waals surface area contributed by atoms with E-state index in [-0.39, 0.29) is 21.6 Å². The molecule has 0 spiro atoms. The summed E-state index contributed by atoms with van der Waals surface area (Å²) in [7, 11) is 0. The molecule has 0 radical (unpaired) electrons. The topological polar surface area (TPSA) is 75.4 Å². The van der Waals surface area contributed by atoms with Gasteiger partial charge in [0.25, 0.3) is 5.91 Å². The summed E-state index contributed by atoms with van der Waals surface area (Å²) in [6, 6.07) is 1.51. The quantitative estimate of drug-likeness (QED) is 0.357. The number of amides is 1. The normalized spacial score (nSPS) is 17.5. The molecule has 4 nitrogen and oxygen atoms in total. The Morgan fingerprint density at radius 1 is 1.48 bits per heavy atom. The number of rotatable bonds is 4. The summed E-state index contributed by atoms with van der Waals surface area (Å²) < 4.78 is 15.2. The SMILES string of the molecule is NC(=O)c1cc(I)c(Br)c(F)c1NC(O)C1CCCCC1. The van der Waals surface area contributed by atoms with Crippen LogP contribution in [0.3, 0.4) is 0 Å². The third-order valence-electron chi connectivity index (χ3n) is 3.82. The van der Waals surface area contributed by atoms with Crippen LogP contribution in [-0.4, -0.2) is 17.2 Å². The fourth-order valence-electron chi connectivity index (χ4n) is 2.65. The summed E-state index contributed by atoms with van der Waals surface area (Å²) in [5.74, 6) is -1.26. The first-order valence-corrected chi connectivity index (χ1v) is 8.71. The van der Waals surface area contributed by atoms with Crippen molar-refractivity contribution in [1.82, 2.24) is 0 Å². The number of anilines is 1. The predicted molar refractivity (Wildman–Crippen MR) is 91.5 cm³/mol. The van der Waals surface area contributed by atoms with Crippen LogP contribution in [0.5, 0.6) is 0 Å². The Kier molecular flexibility index (Phi) is 5.84. The standard InChI is InChI=1S/C14H17BrFIN2O2/c15-10-9(17)6-8(13(18)20)12(11(10)16)19-14(21)7-4-2-1-3-5-7/h6-7,14,19,21H,1-5H2,(H2,18,20). The molecule has 0 heterocycles. The van der Waals surface area contributed by atoms with Crippen molar-refractivity contribution in [3.63, 3.8) is 0 Å². The van der Waals surface area contributed by atoms with Gasteiger partial charge in [-0.1, -0.05) is 19.3 Å². The van der Waals surface area contributed by atoms with Crippen LogP contribution in [-0.2, 0) is 0 Å². The predicted octanol–water partition coefficient (Wildman–Crippen LogP) is 3.60. The zero-order chi connectivity index (χ0) is 15.6. The maximum absolute atomic E-state index is 14.4. The van der Waals surface area contributed by atoms with Crippen molar-refractivity contribution in [2.75, 3.05) is 5.32 Å². The molecule has 0 aromatic heterocycles. The average molecular weight is 471 g/mol. The van der Waals surface area contributed by atoms with Gasteiger partial charge in [0.1, 0.15) is 6.23 Å². The number of aliphatic hydroxyl groups is 1. The molecule has 1 saturated carbocycles. The molecule has 0 bridgehead atoms. The lowest BCUT2D eigenvalue weighted by atomic mass is 9.88. The first-order valence-electron chi connectivity index (χ1n) is 6.83. The summed E-state index contributed by atoms with van der Waals surface area (Å²) in [6.45, 7) is 0. The molecule has 1 aromatic carbocycles. The van der Waals surface area contributed by atoms with Crippen LogP contribution in [0.15, 0.2) is 10.5 Å².